The van der Waals surface area contributed by atoms with Crippen LogP contribution in [0.3, 0.4) is 0 Å². The molecule has 0 aliphatic carbocycles. The fourth-order valence-corrected chi connectivity index (χ4v) is 2.80. The largest absolute Gasteiger partial charge is 0.380 e. The van der Waals surface area contributed by atoms with E-state index in [0.717, 1.165) is 5.56 Å². The summed E-state index contributed by atoms with van der Waals surface area (Å²) in [5, 5.41) is 5.48. The Bertz CT molecular complexity index is 1000. The van der Waals surface area contributed by atoms with Crippen LogP contribution in [0.25, 0.3) is 0 Å². The molecule has 0 bridgehead atoms. The topological polar surface area (TPSA) is 67.4 Å². The van der Waals surface area contributed by atoms with Gasteiger partial charge in [-0.15, -0.1) is 0 Å². The van der Waals surface area contributed by atoms with E-state index in [9.17, 15) is 14.0 Å². The summed E-state index contributed by atoms with van der Waals surface area (Å²) in [7, 11) is 1.60. The molecule has 0 aliphatic heterocycles. The number of carbonyl (C=O) groups excluding carboxylic acids is 2. The number of nitrogens with one attached hydrogen (secondary N) is 2. The quantitative estimate of drug-likeness (QED) is 0.635. The van der Waals surface area contributed by atoms with Gasteiger partial charge in [-0.3, -0.25) is 9.59 Å². The molecule has 29 heavy (non-hydrogen) atoms. The number of benzene rings is 3. The molecule has 6 heteroatoms. The zero-order valence-electron chi connectivity index (χ0n) is 15.9. The summed E-state index contributed by atoms with van der Waals surface area (Å²) < 4.78 is 18.7. The first-order valence-electron chi connectivity index (χ1n) is 9.07. The summed E-state index contributed by atoms with van der Waals surface area (Å²) in [6.45, 7) is 0.527. The van der Waals surface area contributed by atoms with E-state index in [2.05, 4.69) is 10.6 Å². The fourth-order valence-electron chi connectivity index (χ4n) is 2.80. The third-order valence-electron chi connectivity index (χ3n) is 4.30. The molecule has 0 heterocycles. The Kier molecular flexibility index (Phi) is 6.71. The lowest BCUT2D eigenvalue weighted by Gasteiger charge is -2.09. The zero-order valence-corrected chi connectivity index (χ0v) is 15.9. The predicted molar refractivity (Wildman–Crippen MR) is 109 cm³/mol. The number of amides is 2. The van der Waals surface area contributed by atoms with Gasteiger partial charge in [0.2, 0.25) is 0 Å². The van der Waals surface area contributed by atoms with Crippen molar-refractivity contribution in [1.82, 2.24) is 5.32 Å². The highest BCUT2D eigenvalue weighted by atomic mass is 19.1. The normalized spacial score (nSPS) is 10.4. The van der Waals surface area contributed by atoms with Gasteiger partial charge in [0.25, 0.3) is 11.8 Å². The van der Waals surface area contributed by atoms with Crippen molar-refractivity contribution in [2.24, 2.45) is 0 Å². The van der Waals surface area contributed by atoms with Crippen LogP contribution in [0.2, 0.25) is 0 Å². The number of rotatable bonds is 7. The van der Waals surface area contributed by atoms with Gasteiger partial charge in [-0.25, -0.2) is 4.39 Å². The molecular formula is C23H21FN2O3. The summed E-state index contributed by atoms with van der Waals surface area (Å²) in [6, 6.07) is 20.0. The number of hydrogen-bond acceptors (Lipinski definition) is 3. The predicted octanol–water partition coefficient (Wildman–Crippen LogP) is 4.15. The molecule has 0 saturated carbocycles. The van der Waals surface area contributed by atoms with Crippen molar-refractivity contribution in [3.05, 3.63) is 101 Å². The molecule has 2 N–H and O–H groups in total. The number of methoxy groups -OCH3 is 1. The van der Waals surface area contributed by atoms with Crippen LogP contribution >= 0.6 is 0 Å². The molecule has 148 valence electrons. The van der Waals surface area contributed by atoms with Crippen molar-refractivity contribution in [2.75, 3.05) is 12.4 Å². The number of hydrogen-bond donors (Lipinski definition) is 2. The maximum atomic E-state index is 13.6. The van der Waals surface area contributed by atoms with Gasteiger partial charge in [0.15, 0.2) is 0 Å². The summed E-state index contributed by atoms with van der Waals surface area (Å²) in [4.78, 5) is 24.7. The second-order valence-electron chi connectivity index (χ2n) is 6.44. The van der Waals surface area contributed by atoms with Crippen molar-refractivity contribution in [3.8, 4) is 0 Å². The average molecular weight is 392 g/mol. The van der Waals surface area contributed by atoms with Crippen molar-refractivity contribution in [3.63, 3.8) is 0 Å². The Labute approximate surface area is 168 Å². The Morgan fingerprint density at radius 1 is 0.897 bits per heavy atom. The van der Waals surface area contributed by atoms with E-state index in [1.807, 2.05) is 6.07 Å². The smallest absolute Gasteiger partial charge is 0.255 e. The molecule has 0 spiro atoms. The van der Waals surface area contributed by atoms with Crippen LogP contribution in [-0.2, 0) is 17.9 Å². The van der Waals surface area contributed by atoms with Crippen LogP contribution in [0.1, 0.15) is 31.8 Å². The first-order chi connectivity index (χ1) is 14.1. The van der Waals surface area contributed by atoms with Crippen LogP contribution in [0.15, 0.2) is 72.8 Å². The third kappa shape index (κ3) is 5.49. The molecule has 3 rings (SSSR count). The molecule has 0 aliphatic rings. The van der Waals surface area contributed by atoms with Crippen LogP contribution in [0.4, 0.5) is 10.1 Å². The standard InChI is InChI=1S/C23H21FN2O3/c1-29-15-16-5-4-7-18(13-16)23(28)26-20-11-9-17(10-12-20)22(27)25-14-19-6-2-3-8-21(19)24/h2-13H,14-15H2,1H3,(H,25,27)(H,26,28). The zero-order chi connectivity index (χ0) is 20.6. The third-order valence-corrected chi connectivity index (χ3v) is 4.30. The van der Waals surface area contributed by atoms with E-state index in [-0.39, 0.29) is 24.2 Å². The molecule has 0 aromatic heterocycles. The Balaban J connectivity index is 1.59. The Morgan fingerprint density at radius 2 is 1.66 bits per heavy atom. The van der Waals surface area contributed by atoms with E-state index in [4.69, 9.17) is 4.74 Å². The summed E-state index contributed by atoms with van der Waals surface area (Å²) in [5.41, 5.74) is 2.83. The highest BCUT2D eigenvalue weighted by Gasteiger charge is 2.10. The molecule has 2 amide bonds. The molecule has 3 aromatic carbocycles. The molecule has 0 atom stereocenters. The highest BCUT2D eigenvalue weighted by Crippen LogP contribution is 2.13. The van der Waals surface area contributed by atoms with Gasteiger partial charge in [0.05, 0.1) is 6.61 Å². The number of anilines is 1. The van der Waals surface area contributed by atoms with Crippen LogP contribution in [0, 0.1) is 5.82 Å². The molecule has 0 unspecified atom stereocenters. The van der Waals surface area contributed by atoms with Gasteiger partial charge in [0, 0.05) is 36.0 Å². The average Bonchev–Trinajstić information content (AvgIpc) is 2.74. The van der Waals surface area contributed by atoms with Crippen molar-refractivity contribution < 1.29 is 18.7 Å². The fraction of sp³-hybridized carbons (Fsp3) is 0.130. The van der Waals surface area contributed by atoms with E-state index >= 15 is 0 Å². The lowest BCUT2D eigenvalue weighted by molar-refractivity contribution is 0.0950. The van der Waals surface area contributed by atoms with Gasteiger partial charge in [-0.2, -0.15) is 0 Å². The Hall–Kier alpha value is -3.51. The van der Waals surface area contributed by atoms with E-state index in [0.29, 0.717) is 29.0 Å². The number of ether oxygens (including phenoxy) is 1. The minimum absolute atomic E-state index is 0.0990. The van der Waals surface area contributed by atoms with Crippen LogP contribution in [-0.4, -0.2) is 18.9 Å². The molecule has 0 fully saturated rings. The lowest BCUT2D eigenvalue weighted by atomic mass is 10.1. The van der Waals surface area contributed by atoms with Gasteiger partial charge in [-0.1, -0.05) is 30.3 Å². The van der Waals surface area contributed by atoms with Crippen molar-refractivity contribution >= 4 is 17.5 Å². The lowest BCUT2D eigenvalue weighted by Crippen LogP contribution is -2.23. The van der Waals surface area contributed by atoms with Gasteiger partial charge >= 0.3 is 0 Å². The second-order valence-corrected chi connectivity index (χ2v) is 6.44. The first-order valence-corrected chi connectivity index (χ1v) is 9.07. The number of carbonyl (C=O) groups is 2. The van der Waals surface area contributed by atoms with E-state index < -0.39 is 0 Å². The molecule has 3 aromatic rings. The Morgan fingerprint density at radius 3 is 2.38 bits per heavy atom. The summed E-state index contributed by atoms with van der Waals surface area (Å²) in [6.07, 6.45) is 0. The minimum Gasteiger partial charge on any atom is -0.380 e. The maximum Gasteiger partial charge on any atom is 0.255 e. The van der Waals surface area contributed by atoms with Crippen molar-refractivity contribution in [2.45, 2.75) is 13.2 Å². The first kappa shape index (κ1) is 20.2. The van der Waals surface area contributed by atoms with Gasteiger partial charge < -0.3 is 15.4 Å². The molecular weight excluding hydrogens is 371 g/mol. The van der Waals surface area contributed by atoms with E-state index in [1.165, 1.54) is 6.07 Å². The summed E-state index contributed by atoms with van der Waals surface area (Å²) >= 11 is 0. The van der Waals surface area contributed by atoms with Gasteiger partial charge in [-0.05, 0) is 48.0 Å². The van der Waals surface area contributed by atoms with E-state index in [1.54, 1.807) is 67.8 Å². The highest BCUT2D eigenvalue weighted by molar-refractivity contribution is 6.04. The molecule has 0 saturated heterocycles. The van der Waals surface area contributed by atoms with Gasteiger partial charge in [0.1, 0.15) is 5.82 Å². The van der Waals surface area contributed by atoms with Crippen LogP contribution in [0.5, 0.6) is 0 Å². The van der Waals surface area contributed by atoms with Crippen LogP contribution < -0.4 is 10.6 Å². The maximum absolute atomic E-state index is 13.6. The summed E-state index contributed by atoms with van der Waals surface area (Å²) in [5.74, 6) is -0.932. The minimum atomic E-state index is -0.361. The molecule has 0 radical (unpaired) electrons. The molecule has 5 nitrogen and oxygen atoms in total. The SMILES string of the molecule is COCc1cccc(C(=O)Nc2ccc(C(=O)NCc3ccccc3F)cc2)c1. The monoisotopic (exact) mass is 392 g/mol. The second kappa shape index (κ2) is 9.61. The van der Waals surface area contributed by atoms with Crippen molar-refractivity contribution in [1.29, 1.82) is 0 Å². The number of halogens is 1.